The Kier molecular flexibility index (Phi) is 2.91. The van der Waals surface area contributed by atoms with Crippen molar-refractivity contribution >= 4 is 39.5 Å². The summed E-state index contributed by atoms with van der Waals surface area (Å²) in [4.78, 5) is 12.1. The number of benzene rings is 2. The summed E-state index contributed by atoms with van der Waals surface area (Å²) in [6.07, 6.45) is -0.365. The molecule has 3 aromatic rings. The van der Waals surface area contributed by atoms with Crippen LogP contribution in [0.5, 0.6) is 0 Å². The Morgan fingerprint density at radius 2 is 1.89 bits per heavy atom. The molecule has 0 N–H and O–H groups in total. The Hall–Kier alpha value is -2.00. The topological polar surface area (TPSA) is 31.2 Å². The van der Waals surface area contributed by atoms with Gasteiger partial charge >= 0.3 is 6.09 Å². The number of rotatable bonds is 1. The largest absolute Gasteiger partial charge is 0.449 e. The van der Waals surface area contributed by atoms with Gasteiger partial charge in [-0.05, 0) is 31.2 Å². The molecule has 1 heterocycles. The zero-order chi connectivity index (χ0) is 13.4. The van der Waals surface area contributed by atoms with E-state index in [2.05, 4.69) is 0 Å². The van der Waals surface area contributed by atoms with Gasteiger partial charge in [-0.2, -0.15) is 0 Å². The molecule has 0 spiro atoms. The summed E-state index contributed by atoms with van der Waals surface area (Å²) < 4.78 is 6.71. The molecule has 0 aliphatic rings. The normalized spacial score (nSPS) is 11.1. The van der Waals surface area contributed by atoms with E-state index in [9.17, 15) is 4.79 Å². The molecule has 3 rings (SSSR count). The summed E-state index contributed by atoms with van der Waals surface area (Å²) in [6.45, 7) is 2.14. The molecule has 96 valence electrons. The fourth-order valence-corrected chi connectivity index (χ4v) is 2.50. The molecule has 0 fully saturated rings. The molecule has 0 radical (unpaired) electrons. The predicted octanol–water partition coefficient (Wildman–Crippen LogP) is 4.45. The standard InChI is InChI=1S/C15H12ClNO2/c1-2-19-15(18)17-13-6-4-3-5-11(13)12-9-10(16)7-8-14(12)17/h3-9H,2H2,1H3. The number of hydrogen-bond acceptors (Lipinski definition) is 2. The van der Waals surface area contributed by atoms with Gasteiger partial charge in [0.25, 0.3) is 0 Å². The lowest BCUT2D eigenvalue weighted by Gasteiger charge is -2.05. The van der Waals surface area contributed by atoms with Crippen molar-refractivity contribution in [3.05, 3.63) is 47.5 Å². The quantitative estimate of drug-likeness (QED) is 0.656. The number of hydrogen-bond donors (Lipinski definition) is 0. The second-order valence-electron chi connectivity index (χ2n) is 4.21. The Balaban J connectivity index is 2.42. The van der Waals surface area contributed by atoms with Gasteiger partial charge in [0.05, 0.1) is 17.6 Å². The van der Waals surface area contributed by atoms with Crippen molar-refractivity contribution in [1.29, 1.82) is 0 Å². The van der Waals surface area contributed by atoms with Crippen LogP contribution >= 0.6 is 11.6 Å². The average molecular weight is 274 g/mol. The first kappa shape index (κ1) is 12.1. The van der Waals surface area contributed by atoms with E-state index in [1.165, 1.54) is 0 Å². The molecule has 3 nitrogen and oxygen atoms in total. The number of fused-ring (bicyclic) bond motifs is 3. The second-order valence-corrected chi connectivity index (χ2v) is 4.65. The summed E-state index contributed by atoms with van der Waals surface area (Å²) in [6, 6.07) is 13.2. The molecule has 2 aromatic carbocycles. The highest BCUT2D eigenvalue weighted by Gasteiger charge is 2.16. The van der Waals surface area contributed by atoms with Crippen LogP contribution in [0.3, 0.4) is 0 Å². The van der Waals surface area contributed by atoms with E-state index in [1.807, 2.05) is 36.4 Å². The number of carbonyl (C=O) groups excluding carboxylic acids is 1. The Morgan fingerprint density at radius 1 is 1.16 bits per heavy atom. The molecule has 0 unspecified atom stereocenters. The predicted molar refractivity (Wildman–Crippen MR) is 76.9 cm³/mol. The highest BCUT2D eigenvalue weighted by Crippen LogP contribution is 2.30. The third-order valence-corrected chi connectivity index (χ3v) is 3.32. The van der Waals surface area contributed by atoms with Gasteiger partial charge in [-0.15, -0.1) is 0 Å². The van der Waals surface area contributed by atoms with E-state index < -0.39 is 0 Å². The first-order valence-corrected chi connectivity index (χ1v) is 6.46. The molecule has 0 saturated heterocycles. The number of aromatic nitrogens is 1. The highest BCUT2D eigenvalue weighted by molar-refractivity contribution is 6.32. The van der Waals surface area contributed by atoms with Crippen LogP contribution in [0.4, 0.5) is 4.79 Å². The molecule has 1 aromatic heterocycles. The number of carbonyl (C=O) groups is 1. The maximum Gasteiger partial charge on any atom is 0.418 e. The van der Waals surface area contributed by atoms with E-state index in [-0.39, 0.29) is 6.09 Å². The minimum atomic E-state index is -0.365. The van der Waals surface area contributed by atoms with Gasteiger partial charge in [0, 0.05) is 15.8 Å². The lowest BCUT2D eigenvalue weighted by molar-refractivity contribution is 0.156. The SMILES string of the molecule is CCOC(=O)n1c2ccccc2c2cc(Cl)ccc21. The summed E-state index contributed by atoms with van der Waals surface area (Å²) in [5.41, 5.74) is 1.64. The van der Waals surface area contributed by atoms with Crippen LogP contribution in [-0.4, -0.2) is 17.3 Å². The summed E-state index contributed by atoms with van der Waals surface area (Å²) >= 11 is 6.04. The number of para-hydroxylation sites is 1. The van der Waals surface area contributed by atoms with Crippen LogP contribution < -0.4 is 0 Å². The maximum absolute atomic E-state index is 12.1. The first-order chi connectivity index (χ1) is 9.22. The van der Waals surface area contributed by atoms with Gasteiger partial charge < -0.3 is 4.74 Å². The highest BCUT2D eigenvalue weighted by atomic mass is 35.5. The molecule has 0 atom stereocenters. The lowest BCUT2D eigenvalue weighted by atomic mass is 10.2. The zero-order valence-corrected chi connectivity index (χ0v) is 11.1. The number of nitrogens with zero attached hydrogens (tertiary/aromatic N) is 1. The average Bonchev–Trinajstić information content (AvgIpc) is 2.73. The van der Waals surface area contributed by atoms with Crippen molar-refractivity contribution in [3.8, 4) is 0 Å². The third kappa shape index (κ3) is 1.87. The van der Waals surface area contributed by atoms with Crippen LogP contribution in [0.25, 0.3) is 21.8 Å². The van der Waals surface area contributed by atoms with Gasteiger partial charge in [0.2, 0.25) is 0 Å². The fourth-order valence-electron chi connectivity index (χ4n) is 2.33. The molecule has 0 saturated carbocycles. The first-order valence-electron chi connectivity index (χ1n) is 6.08. The molecular weight excluding hydrogens is 262 g/mol. The van der Waals surface area contributed by atoms with Crippen molar-refractivity contribution < 1.29 is 9.53 Å². The van der Waals surface area contributed by atoms with E-state index in [4.69, 9.17) is 16.3 Å². The van der Waals surface area contributed by atoms with E-state index >= 15 is 0 Å². The van der Waals surface area contributed by atoms with Crippen LogP contribution in [0.1, 0.15) is 6.92 Å². The zero-order valence-electron chi connectivity index (χ0n) is 10.4. The molecule has 4 heteroatoms. The van der Waals surface area contributed by atoms with Crippen LogP contribution in [-0.2, 0) is 4.74 Å². The molecular formula is C15H12ClNO2. The Morgan fingerprint density at radius 3 is 2.68 bits per heavy atom. The van der Waals surface area contributed by atoms with E-state index in [1.54, 1.807) is 17.6 Å². The lowest BCUT2D eigenvalue weighted by Crippen LogP contribution is -2.12. The summed E-state index contributed by atoms with van der Waals surface area (Å²) in [5, 5.41) is 2.60. The summed E-state index contributed by atoms with van der Waals surface area (Å²) in [5.74, 6) is 0. The fraction of sp³-hybridized carbons (Fsp3) is 0.133. The van der Waals surface area contributed by atoms with Crippen molar-refractivity contribution in [2.24, 2.45) is 0 Å². The van der Waals surface area contributed by atoms with Gasteiger partial charge in [-0.25, -0.2) is 9.36 Å². The van der Waals surface area contributed by atoms with Gasteiger partial charge in [0.15, 0.2) is 0 Å². The molecule has 0 bridgehead atoms. The van der Waals surface area contributed by atoms with Crippen molar-refractivity contribution in [2.45, 2.75) is 6.92 Å². The molecule has 0 aliphatic carbocycles. The van der Waals surface area contributed by atoms with Crippen LogP contribution in [0, 0.1) is 0 Å². The third-order valence-electron chi connectivity index (χ3n) is 3.09. The Bertz CT molecular complexity index is 776. The van der Waals surface area contributed by atoms with E-state index in [0.717, 1.165) is 21.8 Å². The minimum absolute atomic E-state index is 0.348. The summed E-state index contributed by atoms with van der Waals surface area (Å²) in [7, 11) is 0. The van der Waals surface area contributed by atoms with Gasteiger partial charge in [-0.1, -0.05) is 29.8 Å². The smallest absolute Gasteiger partial charge is 0.418 e. The van der Waals surface area contributed by atoms with Gasteiger partial charge in [-0.3, -0.25) is 0 Å². The molecule has 19 heavy (non-hydrogen) atoms. The van der Waals surface area contributed by atoms with Crippen LogP contribution in [0.15, 0.2) is 42.5 Å². The van der Waals surface area contributed by atoms with Crippen LogP contribution in [0.2, 0.25) is 5.02 Å². The van der Waals surface area contributed by atoms with E-state index in [0.29, 0.717) is 11.6 Å². The van der Waals surface area contributed by atoms with Gasteiger partial charge in [0.1, 0.15) is 0 Å². The monoisotopic (exact) mass is 273 g/mol. The van der Waals surface area contributed by atoms with Crippen molar-refractivity contribution in [2.75, 3.05) is 6.61 Å². The minimum Gasteiger partial charge on any atom is -0.449 e. The maximum atomic E-state index is 12.1. The van der Waals surface area contributed by atoms with Crippen molar-refractivity contribution in [3.63, 3.8) is 0 Å². The number of ether oxygens (including phenoxy) is 1. The second kappa shape index (κ2) is 4.59. The number of halogens is 1. The van der Waals surface area contributed by atoms with Crippen molar-refractivity contribution in [1.82, 2.24) is 4.57 Å². The molecule has 0 aliphatic heterocycles. The Labute approximate surface area is 115 Å². The molecule has 0 amide bonds.